The third-order valence-electron chi connectivity index (χ3n) is 3.30. The van der Waals surface area contributed by atoms with E-state index in [2.05, 4.69) is 47.3 Å². The van der Waals surface area contributed by atoms with Crippen molar-refractivity contribution in [3.8, 4) is 0 Å². The van der Waals surface area contributed by atoms with Crippen molar-refractivity contribution in [3.05, 3.63) is 22.4 Å². The van der Waals surface area contributed by atoms with Crippen LogP contribution in [0.4, 0.5) is 0 Å². The maximum Gasteiger partial charge on any atom is 0.0107 e. The summed E-state index contributed by atoms with van der Waals surface area (Å²) in [6.07, 6.45) is 4.61. The van der Waals surface area contributed by atoms with Crippen LogP contribution in [0.15, 0.2) is 16.8 Å². The molecule has 1 aromatic heterocycles. The van der Waals surface area contributed by atoms with Gasteiger partial charge in [0.25, 0.3) is 0 Å². The maximum atomic E-state index is 3.52. The van der Waals surface area contributed by atoms with Gasteiger partial charge in [-0.05, 0) is 67.8 Å². The SMILES string of the molecule is CSCCC(C)N(C)CCNCCc1ccsc1. The minimum Gasteiger partial charge on any atom is -0.315 e. The molecule has 1 heterocycles. The number of nitrogens with one attached hydrogen (secondary N) is 1. The van der Waals surface area contributed by atoms with Crippen LogP contribution in [-0.2, 0) is 6.42 Å². The van der Waals surface area contributed by atoms with Gasteiger partial charge in [0.15, 0.2) is 0 Å². The third kappa shape index (κ3) is 6.78. The van der Waals surface area contributed by atoms with Crippen molar-refractivity contribution >= 4 is 23.1 Å². The molecule has 0 aromatic carbocycles. The summed E-state index contributed by atoms with van der Waals surface area (Å²) in [5, 5.41) is 7.91. The standard InChI is InChI=1S/C14H26N2S2/c1-13(5-10-17-3)16(2)9-8-15-7-4-14-6-11-18-12-14/h6,11-13,15H,4-5,7-10H2,1-3H3. The molecule has 2 nitrogen and oxygen atoms in total. The lowest BCUT2D eigenvalue weighted by Gasteiger charge is -2.24. The fourth-order valence-corrected chi connectivity index (χ4v) is 3.06. The summed E-state index contributed by atoms with van der Waals surface area (Å²) in [5.74, 6) is 1.26. The monoisotopic (exact) mass is 286 g/mol. The fraction of sp³-hybridized carbons (Fsp3) is 0.714. The topological polar surface area (TPSA) is 15.3 Å². The number of thioether (sulfide) groups is 1. The zero-order valence-corrected chi connectivity index (χ0v) is 13.4. The highest BCUT2D eigenvalue weighted by Crippen LogP contribution is 2.06. The van der Waals surface area contributed by atoms with E-state index in [0.29, 0.717) is 6.04 Å². The van der Waals surface area contributed by atoms with E-state index in [1.807, 2.05) is 11.8 Å². The molecule has 0 saturated carbocycles. The molecule has 104 valence electrons. The average Bonchev–Trinajstić information content (AvgIpc) is 2.88. The smallest absolute Gasteiger partial charge is 0.0107 e. The van der Waals surface area contributed by atoms with Crippen molar-refractivity contribution in [1.82, 2.24) is 10.2 Å². The molecule has 18 heavy (non-hydrogen) atoms. The highest BCUT2D eigenvalue weighted by atomic mass is 32.2. The summed E-state index contributed by atoms with van der Waals surface area (Å²) in [6, 6.07) is 2.90. The number of rotatable bonds is 10. The molecule has 1 atom stereocenters. The van der Waals surface area contributed by atoms with Gasteiger partial charge in [0, 0.05) is 19.1 Å². The second-order valence-electron chi connectivity index (χ2n) is 4.74. The molecular weight excluding hydrogens is 260 g/mol. The Hall–Kier alpha value is -0.0300. The van der Waals surface area contributed by atoms with E-state index in [1.165, 1.54) is 17.7 Å². The Morgan fingerprint density at radius 2 is 2.28 bits per heavy atom. The van der Waals surface area contributed by atoms with Crippen LogP contribution in [0.3, 0.4) is 0 Å². The zero-order chi connectivity index (χ0) is 13.2. The van der Waals surface area contributed by atoms with Gasteiger partial charge in [-0.1, -0.05) is 0 Å². The van der Waals surface area contributed by atoms with Gasteiger partial charge in [0.2, 0.25) is 0 Å². The van der Waals surface area contributed by atoms with Crippen molar-refractivity contribution in [2.45, 2.75) is 25.8 Å². The molecule has 0 bridgehead atoms. The van der Waals surface area contributed by atoms with Gasteiger partial charge in [-0.15, -0.1) is 0 Å². The summed E-state index contributed by atoms with van der Waals surface area (Å²) in [5.41, 5.74) is 1.45. The molecule has 0 amide bonds. The molecule has 0 fully saturated rings. The van der Waals surface area contributed by atoms with E-state index in [-0.39, 0.29) is 0 Å². The van der Waals surface area contributed by atoms with Gasteiger partial charge in [-0.3, -0.25) is 0 Å². The number of hydrogen-bond donors (Lipinski definition) is 1. The second-order valence-corrected chi connectivity index (χ2v) is 6.51. The van der Waals surface area contributed by atoms with Crippen molar-refractivity contribution in [2.24, 2.45) is 0 Å². The predicted molar refractivity (Wildman–Crippen MR) is 86.0 cm³/mol. The molecule has 0 aliphatic heterocycles. The first kappa shape index (κ1) is 16.0. The van der Waals surface area contributed by atoms with Gasteiger partial charge >= 0.3 is 0 Å². The molecule has 4 heteroatoms. The van der Waals surface area contributed by atoms with Crippen LogP contribution < -0.4 is 5.32 Å². The minimum absolute atomic E-state index is 0.691. The van der Waals surface area contributed by atoms with E-state index >= 15 is 0 Å². The summed E-state index contributed by atoms with van der Waals surface area (Å²) in [7, 11) is 2.23. The van der Waals surface area contributed by atoms with Crippen LogP contribution in [0.1, 0.15) is 18.9 Å². The predicted octanol–water partition coefficient (Wildman–Crippen LogP) is 2.95. The van der Waals surface area contributed by atoms with Crippen molar-refractivity contribution < 1.29 is 0 Å². The number of hydrogen-bond acceptors (Lipinski definition) is 4. The molecule has 1 N–H and O–H groups in total. The lowest BCUT2D eigenvalue weighted by molar-refractivity contribution is 0.253. The third-order valence-corrected chi connectivity index (χ3v) is 4.68. The molecule has 1 aromatic rings. The number of likely N-dealkylation sites (N-methyl/N-ethyl adjacent to an activating group) is 1. The van der Waals surface area contributed by atoms with Gasteiger partial charge < -0.3 is 10.2 Å². The van der Waals surface area contributed by atoms with E-state index in [1.54, 1.807) is 11.3 Å². The van der Waals surface area contributed by atoms with Crippen LogP contribution in [0.5, 0.6) is 0 Å². The minimum atomic E-state index is 0.691. The summed E-state index contributed by atoms with van der Waals surface area (Å²) in [4.78, 5) is 2.45. The molecule has 1 unspecified atom stereocenters. The Labute approximate surface area is 120 Å². The Morgan fingerprint density at radius 3 is 2.94 bits per heavy atom. The van der Waals surface area contributed by atoms with E-state index < -0.39 is 0 Å². The molecule has 0 aliphatic rings. The van der Waals surface area contributed by atoms with Gasteiger partial charge in [0.05, 0.1) is 0 Å². The normalized spacial score (nSPS) is 13.1. The molecule has 0 aliphatic carbocycles. The summed E-state index contributed by atoms with van der Waals surface area (Å²) in [6.45, 7) is 5.63. The quantitative estimate of drug-likeness (QED) is 0.666. The first-order valence-electron chi connectivity index (χ1n) is 6.65. The lowest BCUT2D eigenvalue weighted by atomic mass is 10.2. The second kappa shape index (κ2) is 9.84. The van der Waals surface area contributed by atoms with Gasteiger partial charge in [-0.2, -0.15) is 23.1 Å². The van der Waals surface area contributed by atoms with Crippen LogP contribution in [0.25, 0.3) is 0 Å². The lowest BCUT2D eigenvalue weighted by Crippen LogP contribution is -2.36. The molecular formula is C14H26N2S2. The Kier molecular flexibility index (Phi) is 8.76. The van der Waals surface area contributed by atoms with Crippen molar-refractivity contribution in [3.63, 3.8) is 0 Å². The van der Waals surface area contributed by atoms with Gasteiger partial charge in [-0.25, -0.2) is 0 Å². The number of thiophene rings is 1. The summed E-state index contributed by atoms with van der Waals surface area (Å²) < 4.78 is 0. The van der Waals surface area contributed by atoms with E-state index in [9.17, 15) is 0 Å². The first-order valence-corrected chi connectivity index (χ1v) is 8.98. The first-order chi connectivity index (χ1) is 8.74. The van der Waals surface area contributed by atoms with E-state index in [4.69, 9.17) is 0 Å². The number of nitrogens with zero attached hydrogens (tertiary/aromatic N) is 1. The van der Waals surface area contributed by atoms with Gasteiger partial charge in [0.1, 0.15) is 0 Å². The molecule has 0 saturated heterocycles. The summed E-state index contributed by atoms with van der Waals surface area (Å²) >= 11 is 3.72. The van der Waals surface area contributed by atoms with Crippen LogP contribution in [-0.4, -0.2) is 49.6 Å². The molecule has 0 spiro atoms. The van der Waals surface area contributed by atoms with Crippen molar-refractivity contribution in [2.75, 3.05) is 38.7 Å². The van der Waals surface area contributed by atoms with Crippen LogP contribution in [0, 0.1) is 0 Å². The molecule has 1 rings (SSSR count). The zero-order valence-electron chi connectivity index (χ0n) is 11.8. The Morgan fingerprint density at radius 1 is 1.44 bits per heavy atom. The highest BCUT2D eigenvalue weighted by Gasteiger charge is 2.07. The van der Waals surface area contributed by atoms with Crippen molar-refractivity contribution in [1.29, 1.82) is 0 Å². The van der Waals surface area contributed by atoms with Crippen LogP contribution in [0.2, 0.25) is 0 Å². The fourth-order valence-electron chi connectivity index (χ4n) is 1.78. The Bertz CT molecular complexity index is 288. The van der Waals surface area contributed by atoms with Crippen LogP contribution >= 0.6 is 23.1 Å². The Balaban J connectivity index is 1.99. The maximum absolute atomic E-state index is 3.52. The average molecular weight is 287 g/mol. The van der Waals surface area contributed by atoms with E-state index in [0.717, 1.165) is 26.1 Å². The largest absolute Gasteiger partial charge is 0.315 e. The highest BCUT2D eigenvalue weighted by molar-refractivity contribution is 7.98. The molecule has 0 radical (unpaired) electrons.